The number of imide groups is 1. The van der Waals surface area contributed by atoms with E-state index in [0.29, 0.717) is 17.4 Å². The van der Waals surface area contributed by atoms with E-state index < -0.39 is 22.0 Å². The van der Waals surface area contributed by atoms with Crippen molar-refractivity contribution in [1.29, 1.82) is 0 Å². The number of urea groups is 1. The Kier molecular flexibility index (Phi) is 3.32. The second kappa shape index (κ2) is 4.65. The summed E-state index contributed by atoms with van der Waals surface area (Å²) >= 11 is 0. The molecule has 0 aromatic heterocycles. The summed E-state index contributed by atoms with van der Waals surface area (Å²) in [5.74, 6) is -0.785. The zero-order valence-corrected chi connectivity index (χ0v) is 11.5. The highest BCUT2D eigenvalue weighted by molar-refractivity contribution is 7.90. The van der Waals surface area contributed by atoms with Crippen molar-refractivity contribution in [2.45, 2.75) is 18.7 Å². The monoisotopic (exact) mass is 282 g/mol. The fraction of sp³-hybridized carbons (Fsp3) is 0.333. The van der Waals surface area contributed by atoms with Gasteiger partial charge < -0.3 is 4.90 Å². The molecule has 1 aromatic carbocycles. The van der Waals surface area contributed by atoms with Gasteiger partial charge in [0.2, 0.25) is 0 Å². The smallest absolute Gasteiger partial charge is 0.324 e. The largest absolute Gasteiger partial charge is 0.341 e. The summed E-state index contributed by atoms with van der Waals surface area (Å²) in [5.41, 5.74) is 0.0445. The molecule has 0 radical (unpaired) electrons. The average Bonchev–Trinajstić information content (AvgIpc) is 2.59. The van der Waals surface area contributed by atoms with E-state index in [1.165, 1.54) is 23.1 Å². The van der Waals surface area contributed by atoms with Crippen LogP contribution in [0.4, 0.5) is 4.79 Å². The minimum atomic E-state index is -4.07. The van der Waals surface area contributed by atoms with Gasteiger partial charge in [0.15, 0.2) is 0 Å². The van der Waals surface area contributed by atoms with Crippen LogP contribution in [-0.4, -0.2) is 42.7 Å². The van der Waals surface area contributed by atoms with Crippen molar-refractivity contribution in [2.24, 2.45) is 0 Å². The highest BCUT2D eigenvalue weighted by Crippen LogP contribution is 2.30. The van der Waals surface area contributed by atoms with Crippen LogP contribution in [0.3, 0.4) is 0 Å². The zero-order chi connectivity index (χ0) is 14.2. The number of amides is 3. The van der Waals surface area contributed by atoms with Crippen LogP contribution >= 0.6 is 0 Å². The molecular formula is C12H14N2O4S. The molecule has 1 aliphatic heterocycles. The predicted octanol–water partition coefficient (Wildman–Crippen LogP) is 1.29. The van der Waals surface area contributed by atoms with Crippen molar-refractivity contribution in [3.8, 4) is 0 Å². The third kappa shape index (κ3) is 1.90. The van der Waals surface area contributed by atoms with E-state index in [0.717, 1.165) is 0 Å². The van der Waals surface area contributed by atoms with E-state index >= 15 is 0 Å². The predicted molar refractivity (Wildman–Crippen MR) is 68.1 cm³/mol. The number of carbonyl (C=O) groups excluding carboxylic acids is 2. The van der Waals surface area contributed by atoms with Crippen molar-refractivity contribution in [3.05, 3.63) is 29.8 Å². The summed E-state index contributed by atoms with van der Waals surface area (Å²) in [5, 5.41) is 0. The molecule has 6 nitrogen and oxygen atoms in total. The standard InChI is InChI=1S/C12H14N2O4S/c1-3-13(4-2)12(16)14-11(15)9-7-5-6-8-10(9)19(14,17)18/h5-8H,3-4H2,1-2H3. The lowest BCUT2D eigenvalue weighted by Crippen LogP contribution is -2.45. The number of hydrogen-bond acceptors (Lipinski definition) is 4. The van der Waals surface area contributed by atoms with Crippen LogP contribution in [0, 0.1) is 0 Å². The fourth-order valence-electron chi connectivity index (χ4n) is 2.00. The van der Waals surface area contributed by atoms with Crippen LogP contribution in [0.5, 0.6) is 0 Å². The first-order valence-corrected chi connectivity index (χ1v) is 7.36. The maximum absolute atomic E-state index is 12.2. The average molecular weight is 282 g/mol. The van der Waals surface area contributed by atoms with Gasteiger partial charge in [-0.15, -0.1) is 4.31 Å². The maximum Gasteiger partial charge on any atom is 0.341 e. The van der Waals surface area contributed by atoms with E-state index in [1.54, 1.807) is 19.9 Å². The third-order valence-corrected chi connectivity index (χ3v) is 4.74. The Morgan fingerprint density at radius 2 is 1.79 bits per heavy atom. The molecule has 2 rings (SSSR count). The first-order valence-electron chi connectivity index (χ1n) is 5.92. The minimum Gasteiger partial charge on any atom is -0.324 e. The number of fused-ring (bicyclic) bond motifs is 1. The third-order valence-electron chi connectivity index (χ3n) is 3.03. The Morgan fingerprint density at radius 3 is 2.32 bits per heavy atom. The lowest BCUT2D eigenvalue weighted by Gasteiger charge is -2.23. The normalized spacial score (nSPS) is 16.3. The summed E-state index contributed by atoms with van der Waals surface area (Å²) in [7, 11) is -4.07. The van der Waals surface area contributed by atoms with Crippen molar-refractivity contribution >= 4 is 22.0 Å². The van der Waals surface area contributed by atoms with Crippen LogP contribution in [0.1, 0.15) is 24.2 Å². The molecule has 0 spiro atoms. The molecule has 7 heteroatoms. The number of sulfonamides is 1. The Balaban J connectivity index is 2.52. The molecule has 1 aromatic rings. The van der Waals surface area contributed by atoms with E-state index in [2.05, 4.69) is 0 Å². The van der Waals surface area contributed by atoms with Crippen LogP contribution < -0.4 is 0 Å². The quantitative estimate of drug-likeness (QED) is 0.819. The molecule has 0 aliphatic carbocycles. The Labute approximate surface area is 111 Å². The molecule has 102 valence electrons. The van der Waals surface area contributed by atoms with Gasteiger partial charge in [0.05, 0.1) is 5.56 Å². The minimum absolute atomic E-state index is 0.0445. The van der Waals surface area contributed by atoms with Gasteiger partial charge in [-0.25, -0.2) is 13.2 Å². The summed E-state index contributed by atoms with van der Waals surface area (Å²) < 4.78 is 24.8. The van der Waals surface area contributed by atoms with Gasteiger partial charge in [0.1, 0.15) is 4.90 Å². The van der Waals surface area contributed by atoms with Crippen molar-refractivity contribution < 1.29 is 18.0 Å². The van der Waals surface area contributed by atoms with Gasteiger partial charge in [-0.3, -0.25) is 4.79 Å². The Hall–Kier alpha value is -1.89. The molecule has 3 amide bonds. The lowest BCUT2D eigenvalue weighted by atomic mass is 10.2. The van der Waals surface area contributed by atoms with E-state index in [1.807, 2.05) is 0 Å². The molecule has 0 atom stereocenters. The summed E-state index contributed by atoms with van der Waals surface area (Å²) in [6.07, 6.45) is 0. The van der Waals surface area contributed by atoms with Gasteiger partial charge in [-0.2, -0.15) is 0 Å². The molecule has 0 N–H and O–H groups in total. The van der Waals surface area contributed by atoms with Crippen molar-refractivity contribution in [2.75, 3.05) is 13.1 Å². The molecule has 0 unspecified atom stereocenters. The Morgan fingerprint density at radius 1 is 1.21 bits per heavy atom. The van der Waals surface area contributed by atoms with Crippen molar-refractivity contribution in [3.63, 3.8) is 0 Å². The Bertz CT molecular complexity index is 635. The molecule has 1 heterocycles. The van der Waals surface area contributed by atoms with Gasteiger partial charge in [0.25, 0.3) is 15.9 Å². The SMILES string of the molecule is CCN(CC)C(=O)N1C(=O)c2ccccc2S1(=O)=O. The molecule has 0 bridgehead atoms. The number of nitrogens with zero attached hydrogens (tertiary/aromatic N) is 2. The first kappa shape index (κ1) is 13.5. The van der Waals surface area contributed by atoms with Gasteiger partial charge in [0, 0.05) is 13.1 Å². The van der Waals surface area contributed by atoms with E-state index in [-0.39, 0.29) is 10.5 Å². The topological polar surface area (TPSA) is 74.8 Å². The van der Waals surface area contributed by atoms with Crippen LogP contribution in [0.2, 0.25) is 0 Å². The van der Waals surface area contributed by atoms with E-state index in [4.69, 9.17) is 0 Å². The number of benzene rings is 1. The van der Waals surface area contributed by atoms with E-state index in [9.17, 15) is 18.0 Å². The number of rotatable bonds is 2. The molecule has 0 saturated heterocycles. The summed E-state index contributed by atoms with van der Waals surface area (Å²) in [6.45, 7) is 4.12. The molecular weight excluding hydrogens is 268 g/mol. The highest BCUT2D eigenvalue weighted by atomic mass is 32.2. The van der Waals surface area contributed by atoms with Crippen LogP contribution in [0.15, 0.2) is 29.2 Å². The second-order valence-electron chi connectivity index (χ2n) is 4.03. The number of hydrogen-bond donors (Lipinski definition) is 0. The lowest BCUT2D eigenvalue weighted by molar-refractivity contribution is 0.0872. The van der Waals surface area contributed by atoms with Crippen LogP contribution in [-0.2, 0) is 10.0 Å². The van der Waals surface area contributed by atoms with Gasteiger partial charge in [-0.1, -0.05) is 12.1 Å². The zero-order valence-electron chi connectivity index (χ0n) is 10.7. The second-order valence-corrected chi connectivity index (χ2v) is 5.78. The number of carbonyl (C=O) groups is 2. The molecule has 0 fully saturated rings. The van der Waals surface area contributed by atoms with Crippen molar-refractivity contribution in [1.82, 2.24) is 9.21 Å². The van der Waals surface area contributed by atoms with Gasteiger partial charge in [-0.05, 0) is 26.0 Å². The highest BCUT2D eigenvalue weighted by Gasteiger charge is 2.46. The maximum atomic E-state index is 12.2. The van der Waals surface area contributed by atoms with Crippen LogP contribution in [0.25, 0.3) is 0 Å². The molecule has 0 saturated carbocycles. The molecule has 1 aliphatic rings. The van der Waals surface area contributed by atoms with Gasteiger partial charge >= 0.3 is 6.03 Å². The molecule has 19 heavy (non-hydrogen) atoms. The first-order chi connectivity index (χ1) is 8.95. The summed E-state index contributed by atoms with van der Waals surface area (Å²) in [4.78, 5) is 25.4. The summed E-state index contributed by atoms with van der Waals surface area (Å²) in [6, 6.07) is 5.03. The fourth-order valence-corrected chi connectivity index (χ4v) is 3.52.